The monoisotopic (exact) mass is 538 g/mol. The lowest BCUT2D eigenvalue weighted by molar-refractivity contribution is -0.0212. The average Bonchev–Trinajstić information content (AvgIpc) is 2.75. The van der Waals surface area contributed by atoms with Gasteiger partial charge in [-0.15, -0.1) is 24.0 Å². The first-order valence-electron chi connectivity index (χ1n) is 10.6. The predicted octanol–water partition coefficient (Wildman–Crippen LogP) is 3.71. The lowest BCUT2D eigenvalue weighted by atomic mass is 10.1. The number of halogens is 1. The number of nitrogens with one attached hydrogen (secondary N) is 2. The van der Waals surface area contributed by atoms with Crippen molar-refractivity contribution in [1.82, 2.24) is 15.5 Å². The molecular weight excluding hydrogens is 503 g/mol. The van der Waals surface area contributed by atoms with Gasteiger partial charge in [-0.2, -0.15) is 0 Å². The molecule has 0 radical (unpaired) electrons. The second kappa shape index (κ2) is 12.9. The van der Waals surface area contributed by atoms with Gasteiger partial charge in [0.2, 0.25) is 0 Å². The van der Waals surface area contributed by atoms with E-state index >= 15 is 0 Å². The normalized spacial score (nSPS) is 17.0. The minimum Gasteiger partial charge on any atom is -0.496 e. The lowest BCUT2D eigenvalue weighted by Gasteiger charge is -2.31. The second-order valence-electron chi connectivity index (χ2n) is 7.83. The van der Waals surface area contributed by atoms with Crippen molar-refractivity contribution in [2.24, 2.45) is 4.99 Å². The zero-order chi connectivity index (χ0) is 21.3. The highest BCUT2D eigenvalue weighted by atomic mass is 127. The van der Waals surface area contributed by atoms with Crippen molar-refractivity contribution < 1.29 is 9.47 Å². The molecule has 2 N–H and O–H groups in total. The van der Waals surface area contributed by atoms with Gasteiger partial charge in [-0.3, -0.25) is 9.89 Å². The van der Waals surface area contributed by atoms with Gasteiger partial charge in [0.1, 0.15) is 5.75 Å². The SMILES string of the molecule is CN=C(NCc1cccc(CN2CCOC(C)C2)c1)NCc1ccc(C)cc1OC.I. The van der Waals surface area contributed by atoms with Gasteiger partial charge in [0.15, 0.2) is 5.96 Å². The first-order chi connectivity index (χ1) is 14.6. The molecule has 31 heavy (non-hydrogen) atoms. The molecule has 170 valence electrons. The van der Waals surface area contributed by atoms with Crippen molar-refractivity contribution in [2.75, 3.05) is 33.9 Å². The van der Waals surface area contributed by atoms with Crippen molar-refractivity contribution in [2.45, 2.75) is 39.6 Å². The number of aryl methyl sites for hydroxylation is 1. The predicted molar refractivity (Wildman–Crippen MR) is 137 cm³/mol. The van der Waals surface area contributed by atoms with E-state index in [0.29, 0.717) is 12.6 Å². The molecule has 0 bridgehead atoms. The van der Waals surface area contributed by atoms with E-state index in [1.807, 2.05) is 6.07 Å². The molecule has 0 aromatic heterocycles. The highest BCUT2D eigenvalue weighted by Crippen LogP contribution is 2.19. The number of guanidine groups is 1. The molecule has 1 saturated heterocycles. The number of aliphatic imine (C=N–C) groups is 1. The van der Waals surface area contributed by atoms with Gasteiger partial charge in [-0.1, -0.05) is 36.4 Å². The van der Waals surface area contributed by atoms with Crippen molar-refractivity contribution in [3.63, 3.8) is 0 Å². The van der Waals surface area contributed by atoms with E-state index in [-0.39, 0.29) is 24.0 Å². The van der Waals surface area contributed by atoms with Gasteiger partial charge < -0.3 is 20.1 Å². The summed E-state index contributed by atoms with van der Waals surface area (Å²) >= 11 is 0. The minimum absolute atomic E-state index is 0. The van der Waals surface area contributed by atoms with Crippen LogP contribution in [0.25, 0.3) is 0 Å². The highest BCUT2D eigenvalue weighted by Gasteiger charge is 2.16. The zero-order valence-electron chi connectivity index (χ0n) is 19.0. The minimum atomic E-state index is 0. The molecule has 2 aromatic carbocycles. The summed E-state index contributed by atoms with van der Waals surface area (Å²) in [5.41, 5.74) is 4.86. The van der Waals surface area contributed by atoms with Crippen LogP contribution in [0.1, 0.15) is 29.2 Å². The summed E-state index contributed by atoms with van der Waals surface area (Å²) in [4.78, 5) is 6.80. The Morgan fingerprint density at radius 3 is 2.68 bits per heavy atom. The van der Waals surface area contributed by atoms with Crippen LogP contribution in [-0.2, 0) is 24.4 Å². The molecule has 1 unspecified atom stereocenters. The molecule has 1 fully saturated rings. The summed E-state index contributed by atoms with van der Waals surface area (Å²) in [6.45, 7) is 9.33. The molecule has 0 saturated carbocycles. The Morgan fingerprint density at radius 2 is 1.94 bits per heavy atom. The summed E-state index contributed by atoms with van der Waals surface area (Å²) in [5, 5.41) is 6.78. The van der Waals surface area contributed by atoms with Gasteiger partial charge in [0.05, 0.1) is 19.8 Å². The average molecular weight is 538 g/mol. The van der Waals surface area contributed by atoms with E-state index in [1.165, 1.54) is 16.7 Å². The summed E-state index contributed by atoms with van der Waals surface area (Å²) in [7, 11) is 3.49. The molecule has 2 aromatic rings. The number of hydrogen-bond acceptors (Lipinski definition) is 4. The fraction of sp³-hybridized carbons (Fsp3) is 0.458. The molecular formula is C24H35IN4O2. The van der Waals surface area contributed by atoms with Gasteiger partial charge >= 0.3 is 0 Å². The third-order valence-electron chi connectivity index (χ3n) is 5.30. The molecule has 0 spiro atoms. The van der Waals surface area contributed by atoms with Crippen LogP contribution >= 0.6 is 24.0 Å². The number of morpholine rings is 1. The molecule has 0 aliphatic carbocycles. The van der Waals surface area contributed by atoms with Gasteiger partial charge in [-0.25, -0.2) is 0 Å². The molecule has 6 nitrogen and oxygen atoms in total. The van der Waals surface area contributed by atoms with Crippen LogP contribution in [0.5, 0.6) is 5.75 Å². The van der Waals surface area contributed by atoms with Crippen molar-refractivity contribution in [3.8, 4) is 5.75 Å². The Balaban J connectivity index is 0.00000341. The van der Waals surface area contributed by atoms with Crippen LogP contribution in [0.3, 0.4) is 0 Å². The smallest absolute Gasteiger partial charge is 0.191 e. The van der Waals surface area contributed by atoms with Crippen LogP contribution < -0.4 is 15.4 Å². The first-order valence-corrected chi connectivity index (χ1v) is 10.6. The third kappa shape index (κ3) is 7.97. The number of ether oxygens (including phenoxy) is 2. The van der Waals surface area contributed by atoms with Crippen LogP contribution in [0.15, 0.2) is 47.5 Å². The number of hydrogen-bond donors (Lipinski definition) is 2. The maximum Gasteiger partial charge on any atom is 0.191 e. The van der Waals surface area contributed by atoms with E-state index in [1.54, 1.807) is 14.2 Å². The number of nitrogens with zero attached hydrogens (tertiary/aromatic N) is 2. The van der Waals surface area contributed by atoms with Crippen LogP contribution in [0, 0.1) is 6.92 Å². The summed E-state index contributed by atoms with van der Waals surface area (Å²) in [6, 6.07) is 15.0. The lowest BCUT2D eigenvalue weighted by Crippen LogP contribution is -2.40. The molecule has 1 heterocycles. The van der Waals surface area contributed by atoms with Gasteiger partial charge in [-0.05, 0) is 36.6 Å². The van der Waals surface area contributed by atoms with E-state index in [2.05, 4.69) is 70.8 Å². The van der Waals surface area contributed by atoms with Crippen LogP contribution in [0.2, 0.25) is 0 Å². The number of rotatable bonds is 7. The molecule has 1 atom stereocenters. The van der Waals surface area contributed by atoms with E-state index < -0.39 is 0 Å². The maximum atomic E-state index is 5.64. The zero-order valence-corrected chi connectivity index (χ0v) is 21.3. The first kappa shape index (κ1) is 25.4. The van der Waals surface area contributed by atoms with Crippen molar-refractivity contribution in [1.29, 1.82) is 0 Å². The van der Waals surface area contributed by atoms with Crippen LogP contribution in [-0.4, -0.2) is 50.8 Å². The summed E-state index contributed by atoms with van der Waals surface area (Å²) < 4.78 is 11.1. The van der Waals surface area contributed by atoms with E-state index in [4.69, 9.17) is 9.47 Å². The van der Waals surface area contributed by atoms with E-state index in [9.17, 15) is 0 Å². The standard InChI is InChI=1S/C24H34N4O2.HI/c1-18-8-9-22(23(12-18)29-4)15-27-24(25-3)26-14-20-6-5-7-21(13-20)17-28-10-11-30-19(2)16-28;/h5-9,12-13,19H,10-11,14-17H2,1-4H3,(H2,25,26,27);1H. The molecule has 1 aliphatic heterocycles. The fourth-order valence-electron chi connectivity index (χ4n) is 3.71. The Labute approximate surface area is 203 Å². The molecule has 1 aliphatic rings. The van der Waals surface area contributed by atoms with Gasteiger partial charge in [0, 0.05) is 45.3 Å². The largest absolute Gasteiger partial charge is 0.496 e. The number of methoxy groups -OCH3 is 1. The van der Waals surface area contributed by atoms with Crippen molar-refractivity contribution >= 4 is 29.9 Å². The quantitative estimate of drug-likeness (QED) is 0.320. The van der Waals surface area contributed by atoms with Crippen molar-refractivity contribution in [3.05, 3.63) is 64.7 Å². The topological polar surface area (TPSA) is 58.1 Å². The Morgan fingerprint density at radius 1 is 1.16 bits per heavy atom. The maximum absolute atomic E-state index is 5.64. The Bertz CT molecular complexity index is 859. The van der Waals surface area contributed by atoms with Crippen LogP contribution in [0.4, 0.5) is 0 Å². The Hall–Kier alpha value is -1.84. The Kier molecular flexibility index (Phi) is 10.6. The molecule has 0 amide bonds. The summed E-state index contributed by atoms with van der Waals surface area (Å²) in [5.74, 6) is 1.66. The van der Waals surface area contributed by atoms with Gasteiger partial charge in [0.25, 0.3) is 0 Å². The van der Waals surface area contributed by atoms with E-state index in [0.717, 1.165) is 50.1 Å². The molecule has 3 rings (SSSR count). The molecule has 7 heteroatoms. The fourth-order valence-corrected chi connectivity index (χ4v) is 3.71. The highest BCUT2D eigenvalue weighted by molar-refractivity contribution is 14.0. The number of benzene rings is 2. The summed E-state index contributed by atoms with van der Waals surface area (Å²) in [6.07, 6.45) is 0.310. The third-order valence-corrected chi connectivity index (χ3v) is 5.30. The second-order valence-corrected chi connectivity index (χ2v) is 7.83.